The second-order valence-corrected chi connectivity index (χ2v) is 2.82. The molecule has 0 aliphatic carbocycles. The lowest BCUT2D eigenvalue weighted by atomic mass is 10.1. The molecule has 2 N–H and O–H groups in total. The molecule has 1 aliphatic rings. The standard InChI is InChI=1S/C9H11NO2.BrH/c1-12-8-3-2-7-6(9(8)11)4-5-10-7;/h2-3,10-11H,4-5H2,1H3;1H. The summed E-state index contributed by atoms with van der Waals surface area (Å²) in [7, 11) is 1.56. The summed E-state index contributed by atoms with van der Waals surface area (Å²) < 4.78 is 4.99. The molecule has 0 amide bonds. The van der Waals surface area contributed by atoms with Gasteiger partial charge in [0, 0.05) is 17.8 Å². The van der Waals surface area contributed by atoms with Gasteiger partial charge in [-0.05, 0) is 18.6 Å². The Morgan fingerprint density at radius 2 is 2.23 bits per heavy atom. The molecule has 3 nitrogen and oxygen atoms in total. The second-order valence-electron chi connectivity index (χ2n) is 2.82. The zero-order valence-electron chi connectivity index (χ0n) is 7.33. The van der Waals surface area contributed by atoms with Gasteiger partial charge in [0.25, 0.3) is 0 Å². The number of rotatable bonds is 1. The number of aromatic hydroxyl groups is 1. The third-order valence-corrected chi connectivity index (χ3v) is 2.16. The Kier molecular flexibility index (Phi) is 3.03. The molecular weight excluding hydrogens is 234 g/mol. The Labute approximate surface area is 87.5 Å². The molecule has 0 spiro atoms. The summed E-state index contributed by atoms with van der Waals surface area (Å²) in [6, 6.07) is 3.70. The highest BCUT2D eigenvalue weighted by Crippen LogP contribution is 2.37. The van der Waals surface area contributed by atoms with Crippen LogP contribution < -0.4 is 10.1 Å². The first-order valence-electron chi connectivity index (χ1n) is 3.95. The highest BCUT2D eigenvalue weighted by molar-refractivity contribution is 8.93. The predicted octanol–water partition coefficient (Wildman–Crippen LogP) is 1.95. The minimum Gasteiger partial charge on any atom is -0.504 e. The lowest BCUT2D eigenvalue weighted by molar-refractivity contribution is 0.371. The fourth-order valence-corrected chi connectivity index (χ4v) is 1.52. The first kappa shape index (κ1) is 10.2. The van der Waals surface area contributed by atoms with E-state index in [1.54, 1.807) is 13.2 Å². The molecule has 0 fully saturated rings. The quantitative estimate of drug-likeness (QED) is 0.795. The van der Waals surface area contributed by atoms with E-state index in [-0.39, 0.29) is 22.7 Å². The van der Waals surface area contributed by atoms with Gasteiger partial charge in [-0.2, -0.15) is 0 Å². The largest absolute Gasteiger partial charge is 0.504 e. The van der Waals surface area contributed by atoms with E-state index in [1.807, 2.05) is 6.07 Å². The summed E-state index contributed by atoms with van der Waals surface area (Å²) >= 11 is 0. The van der Waals surface area contributed by atoms with Gasteiger partial charge in [-0.1, -0.05) is 0 Å². The average Bonchev–Trinajstić information content (AvgIpc) is 2.53. The van der Waals surface area contributed by atoms with E-state index in [4.69, 9.17) is 4.74 Å². The summed E-state index contributed by atoms with van der Waals surface area (Å²) in [6.45, 7) is 0.899. The lowest BCUT2D eigenvalue weighted by Crippen LogP contribution is -1.90. The number of halogens is 1. The number of methoxy groups -OCH3 is 1. The Balaban J connectivity index is 0.000000845. The fraction of sp³-hybridized carbons (Fsp3) is 0.333. The molecule has 1 aliphatic heterocycles. The number of anilines is 1. The molecular formula is C9H12BrNO2. The monoisotopic (exact) mass is 245 g/mol. The number of phenolic OH excluding ortho intramolecular Hbond substituents is 1. The molecule has 4 heteroatoms. The van der Waals surface area contributed by atoms with Crippen molar-refractivity contribution in [1.82, 2.24) is 0 Å². The van der Waals surface area contributed by atoms with Crippen LogP contribution in [-0.4, -0.2) is 18.8 Å². The molecule has 1 aromatic carbocycles. The zero-order valence-corrected chi connectivity index (χ0v) is 9.05. The number of fused-ring (bicyclic) bond motifs is 1. The lowest BCUT2D eigenvalue weighted by Gasteiger charge is -2.06. The van der Waals surface area contributed by atoms with Crippen LogP contribution in [0.3, 0.4) is 0 Å². The third-order valence-electron chi connectivity index (χ3n) is 2.16. The fourth-order valence-electron chi connectivity index (χ4n) is 1.52. The summed E-state index contributed by atoms with van der Waals surface area (Å²) in [5.74, 6) is 0.831. The molecule has 0 saturated heterocycles. The minimum atomic E-state index is 0. The number of ether oxygens (including phenoxy) is 1. The van der Waals surface area contributed by atoms with Crippen molar-refractivity contribution >= 4 is 22.7 Å². The van der Waals surface area contributed by atoms with Crippen LogP contribution in [0, 0.1) is 0 Å². The molecule has 72 valence electrons. The number of hydrogen-bond donors (Lipinski definition) is 2. The highest BCUT2D eigenvalue weighted by Gasteiger charge is 2.16. The van der Waals surface area contributed by atoms with E-state index in [2.05, 4.69) is 5.32 Å². The molecule has 1 heterocycles. The van der Waals surface area contributed by atoms with Crippen LogP contribution >= 0.6 is 17.0 Å². The number of nitrogens with one attached hydrogen (secondary N) is 1. The Hall–Kier alpha value is -0.900. The molecule has 0 unspecified atom stereocenters. The number of hydrogen-bond acceptors (Lipinski definition) is 3. The van der Waals surface area contributed by atoms with Crippen molar-refractivity contribution in [3.05, 3.63) is 17.7 Å². The number of phenols is 1. The smallest absolute Gasteiger partial charge is 0.163 e. The van der Waals surface area contributed by atoms with Crippen LogP contribution in [0.1, 0.15) is 5.56 Å². The Bertz CT molecular complexity index is 315. The van der Waals surface area contributed by atoms with Crippen LogP contribution in [-0.2, 0) is 6.42 Å². The highest BCUT2D eigenvalue weighted by atomic mass is 79.9. The van der Waals surface area contributed by atoms with Crippen LogP contribution in [0.2, 0.25) is 0 Å². The van der Waals surface area contributed by atoms with Crippen molar-refractivity contribution in [2.24, 2.45) is 0 Å². The summed E-state index contributed by atoms with van der Waals surface area (Å²) in [5.41, 5.74) is 1.99. The van der Waals surface area contributed by atoms with Crippen molar-refractivity contribution in [2.75, 3.05) is 19.0 Å². The van der Waals surface area contributed by atoms with Gasteiger partial charge in [0.1, 0.15) is 0 Å². The van der Waals surface area contributed by atoms with E-state index in [9.17, 15) is 5.11 Å². The van der Waals surface area contributed by atoms with Gasteiger partial charge in [0.15, 0.2) is 11.5 Å². The van der Waals surface area contributed by atoms with Gasteiger partial charge in [0.2, 0.25) is 0 Å². The molecule has 0 radical (unpaired) electrons. The second kappa shape index (κ2) is 3.87. The maximum absolute atomic E-state index is 9.64. The van der Waals surface area contributed by atoms with Gasteiger partial charge in [0.05, 0.1) is 7.11 Å². The molecule has 0 bridgehead atoms. The van der Waals surface area contributed by atoms with Gasteiger partial charge in [-0.15, -0.1) is 17.0 Å². The predicted molar refractivity (Wildman–Crippen MR) is 57.2 cm³/mol. The third kappa shape index (κ3) is 1.58. The Morgan fingerprint density at radius 1 is 1.46 bits per heavy atom. The van der Waals surface area contributed by atoms with Crippen LogP contribution in [0.15, 0.2) is 12.1 Å². The average molecular weight is 246 g/mol. The van der Waals surface area contributed by atoms with Crippen molar-refractivity contribution in [3.8, 4) is 11.5 Å². The van der Waals surface area contributed by atoms with Gasteiger partial charge >= 0.3 is 0 Å². The summed E-state index contributed by atoms with van der Waals surface area (Å²) in [4.78, 5) is 0. The van der Waals surface area contributed by atoms with E-state index in [0.717, 1.165) is 24.2 Å². The molecule has 13 heavy (non-hydrogen) atoms. The topological polar surface area (TPSA) is 41.5 Å². The van der Waals surface area contributed by atoms with E-state index in [1.165, 1.54) is 0 Å². The Morgan fingerprint density at radius 3 is 2.92 bits per heavy atom. The molecule has 0 saturated carbocycles. The SMILES string of the molecule is Br.COc1ccc2c(c1O)CCN2. The summed E-state index contributed by atoms with van der Waals surface area (Å²) in [5, 5.41) is 12.8. The molecule has 0 atom stereocenters. The maximum atomic E-state index is 9.64. The van der Waals surface area contributed by atoms with Crippen LogP contribution in [0.25, 0.3) is 0 Å². The number of benzene rings is 1. The maximum Gasteiger partial charge on any atom is 0.163 e. The van der Waals surface area contributed by atoms with Gasteiger partial charge in [-0.3, -0.25) is 0 Å². The first-order chi connectivity index (χ1) is 5.83. The van der Waals surface area contributed by atoms with E-state index in [0.29, 0.717) is 5.75 Å². The van der Waals surface area contributed by atoms with Gasteiger partial charge in [-0.25, -0.2) is 0 Å². The first-order valence-corrected chi connectivity index (χ1v) is 3.95. The van der Waals surface area contributed by atoms with E-state index >= 15 is 0 Å². The van der Waals surface area contributed by atoms with Gasteiger partial charge < -0.3 is 15.2 Å². The van der Waals surface area contributed by atoms with Crippen LogP contribution in [0.5, 0.6) is 11.5 Å². The molecule has 2 rings (SSSR count). The van der Waals surface area contributed by atoms with Crippen molar-refractivity contribution in [1.29, 1.82) is 0 Å². The molecule has 0 aromatic heterocycles. The zero-order chi connectivity index (χ0) is 8.55. The van der Waals surface area contributed by atoms with Crippen LogP contribution in [0.4, 0.5) is 5.69 Å². The normalized spacial score (nSPS) is 12.7. The van der Waals surface area contributed by atoms with E-state index < -0.39 is 0 Å². The minimum absolute atomic E-state index is 0. The van der Waals surface area contributed by atoms with Crippen molar-refractivity contribution in [3.63, 3.8) is 0 Å². The van der Waals surface area contributed by atoms with Crippen molar-refractivity contribution < 1.29 is 9.84 Å². The molecule has 1 aromatic rings. The van der Waals surface area contributed by atoms with Crippen molar-refractivity contribution in [2.45, 2.75) is 6.42 Å². The summed E-state index contributed by atoms with van der Waals surface area (Å²) in [6.07, 6.45) is 0.873.